The second-order valence-electron chi connectivity index (χ2n) is 6.55. The SMILES string of the molecule is Nc1ncccc1-c1cc(Cc2ccc(CCCc3ccn[nH]3)cc2)no1. The lowest BCUT2D eigenvalue weighted by atomic mass is 10.0. The first-order chi connectivity index (χ1) is 13.3. The first-order valence-electron chi connectivity index (χ1n) is 9.00. The third kappa shape index (κ3) is 4.23. The molecule has 0 fully saturated rings. The molecule has 0 spiro atoms. The minimum Gasteiger partial charge on any atom is -0.383 e. The largest absolute Gasteiger partial charge is 0.383 e. The summed E-state index contributed by atoms with van der Waals surface area (Å²) < 4.78 is 5.44. The van der Waals surface area contributed by atoms with Crippen molar-refractivity contribution in [1.82, 2.24) is 20.3 Å². The zero-order valence-electron chi connectivity index (χ0n) is 14.9. The maximum Gasteiger partial charge on any atom is 0.170 e. The zero-order valence-corrected chi connectivity index (χ0v) is 14.9. The Morgan fingerprint density at radius 1 is 0.963 bits per heavy atom. The predicted molar refractivity (Wildman–Crippen MR) is 104 cm³/mol. The lowest BCUT2D eigenvalue weighted by molar-refractivity contribution is 0.425. The van der Waals surface area contributed by atoms with E-state index < -0.39 is 0 Å². The van der Waals surface area contributed by atoms with Gasteiger partial charge < -0.3 is 10.3 Å². The minimum atomic E-state index is 0.444. The summed E-state index contributed by atoms with van der Waals surface area (Å²) in [7, 11) is 0. The quantitative estimate of drug-likeness (QED) is 0.523. The van der Waals surface area contributed by atoms with Gasteiger partial charge in [-0.25, -0.2) is 4.98 Å². The summed E-state index contributed by atoms with van der Waals surface area (Å²) in [5.41, 5.74) is 11.3. The Kier molecular flexibility index (Phi) is 4.96. The van der Waals surface area contributed by atoms with E-state index in [4.69, 9.17) is 10.3 Å². The average Bonchev–Trinajstić information content (AvgIpc) is 3.36. The zero-order chi connectivity index (χ0) is 18.5. The van der Waals surface area contributed by atoms with Gasteiger partial charge in [-0.05, 0) is 48.6 Å². The number of anilines is 1. The predicted octanol–water partition coefficient (Wildman–Crippen LogP) is 3.81. The summed E-state index contributed by atoms with van der Waals surface area (Å²) in [6.45, 7) is 0. The van der Waals surface area contributed by atoms with E-state index >= 15 is 0 Å². The van der Waals surface area contributed by atoms with E-state index in [9.17, 15) is 0 Å². The van der Waals surface area contributed by atoms with E-state index in [0.717, 1.165) is 36.9 Å². The van der Waals surface area contributed by atoms with Crippen molar-refractivity contribution in [2.75, 3.05) is 5.73 Å². The van der Waals surface area contributed by atoms with Crippen LogP contribution in [0.3, 0.4) is 0 Å². The van der Waals surface area contributed by atoms with Crippen molar-refractivity contribution in [3.05, 3.63) is 83.4 Å². The van der Waals surface area contributed by atoms with Gasteiger partial charge in [-0.3, -0.25) is 5.10 Å². The van der Waals surface area contributed by atoms with Crippen molar-refractivity contribution in [2.45, 2.75) is 25.7 Å². The molecule has 0 aliphatic carbocycles. The molecule has 0 radical (unpaired) electrons. The van der Waals surface area contributed by atoms with Crippen LogP contribution in [0.5, 0.6) is 0 Å². The minimum absolute atomic E-state index is 0.444. The Morgan fingerprint density at radius 2 is 1.81 bits per heavy atom. The average molecular weight is 359 g/mol. The molecular weight excluding hydrogens is 338 g/mol. The molecule has 3 aromatic heterocycles. The first-order valence-corrected chi connectivity index (χ1v) is 9.00. The van der Waals surface area contributed by atoms with Gasteiger partial charge in [0.25, 0.3) is 0 Å². The number of pyridine rings is 1. The van der Waals surface area contributed by atoms with E-state index in [-0.39, 0.29) is 0 Å². The lowest BCUT2D eigenvalue weighted by Crippen LogP contribution is -1.93. The maximum atomic E-state index is 5.90. The number of aromatic nitrogens is 4. The topological polar surface area (TPSA) is 93.6 Å². The van der Waals surface area contributed by atoms with Gasteiger partial charge in [0.05, 0.1) is 11.3 Å². The van der Waals surface area contributed by atoms with Crippen LogP contribution in [-0.2, 0) is 19.3 Å². The van der Waals surface area contributed by atoms with Crippen molar-refractivity contribution in [3.63, 3.8) is 0 Å². The van der Waals surface area contributed by atoms with Gasteiger partial charge in [-0.2, -0.15) is 5.10 Å². The van der Waals surface area contributed by atoms with Crippen LogP contribution < -0.4 is 5.73 Å². The molecule has 0 bridgehead atoms. The summed E-state index contributed by atoms with van der Waals surface area (Å²) in [6.07, 6.45) is 7.34. The number of hydrogen-bond acceptors (Lipinski definition) is 5. The lowest BCUT2D eigenvalue weighted by Gasteiger charge is -2.03. The van der Waals surface area contributed by atoms with Crippen molar-refractivity contribution in [1.29, 1.82) is 0 Å². The second kappa shape index (κ2) is 7.86. The molecule has 0 amide bonds. The first kappa shape index (κ1) is 17.0. The fourth-order valence-corrected chi connectivity index (χ4v) is 3.09. The Bertz CT molecular complexity index is 990. The van der Waals surface area contributed by atoms with Crippen molar-refractivity contribution < 1.29 is 4.52 Å². The van der Waals surface area contributed by atoms with Crippen LogP contribution in [0, 0.1) is 0 Å². The molecule has 0 aliphatic heterocycles. The van der Waals surface area contributed by atoms with E-state index in [1.165, 1.54) is 16.8 Å². The van der Waals surface area contributed by atoms with Crippen LogP contribution >= 0.6 is 0 Å². The summed E-state index contributed by atoms with van der Waals surface area (Å²) in [5, 5.41) is 11.1. The number of nitrogens with zero attached hydrogens (tertiary/aromatic N) is 3. The van der Waals surface area contributed by atoms with Crippen LogP contribution in [-0.4, -0.2) is 20.3 Å². The number of H-pyrrole nitrogens is 1. The summed E-state index contributed by atoms with van der Waals surface area (Å²) >= 11 is 0. The smallest absolute Gasteiger partial charge is 0.170 e. The third-order valence-electron chi connectivity index (χ3n) is 4.54. The van der Waals surface area contributed by atoms with E-state index in [0.29, 0.717) is 11.6 Å². The van der Waals surface area contributed by atoms with E-state index in [2.05, 4.69) is 44.6 Å². The number of hydrogen-bond donors (Lipinski definition) is 2. The van der Waals surface area contributed by atoms with Crippen molar-refractivity contribution >= 4 is 5.82 Å². The third-order valence-corrected chi connectivity index (χ3v) is 4.54. The number of aryl methyl sites for hydroxylation is 2. The highest BCUT2D eigenvalue weighted by Crippen LogP contribution is 2.25. The standard InChI is InChI=1S/C21H21N5O/c22-21-19(5-2-11-23-21)20-14-18(26-27-20)13-16-8-6-15(7-9-16)3-1-4-17-10-12-24-25-17/h2,5-12,14H,1,3-4,13H2,(H2,22,23)(H,24,25). The highest BCUT2D eigenvalue weighted by molar-refractivity contribution is 5.69. The van der Waals surface area contributed by atoms with E-state index in [1.807, 2.05) is 24.3 Å². The molecule has 0 atom stereocenters. The van der Waals surface area contributed by atoms with Gasteiger partial charge in [0.2, 0.25) is 0 Å². The fraction of sp³-hybridized carbons (Fsp3) is 0.190. The van der Waals surface area contributed by atoms with Crippen LogP contribution in [0.4, 0.5) is 5.82 Å². The molecule has 27 heavy (non-hydrogen) atoms. The van der Waals surface area contributed by atoms with Gasteiger partial charge >= 0.3 is 0 Å². The Labute approximate surface area is 157 Å². The molecule has 3 N–H and O–H groups in total. The Balaban J connectivity index is 1.35. The highest BCUT2D eigenvalue weighted by atomic mass is 16.5. The summed E-state index contributed by atoms with van der Waals surface area (Å²) in [5.74, 6) is 1.09. The molecule has 0 saturated heterocycles. The molecule has 3 heterocycles. The number of nitrogens with two attached hydrogens (primary N) is 1. The van der Waals surface area contributed by atoms with Gasteiger partial charge in [-0.1, -0.05) is 29.4 Å². The molecule has 4 aromatic rings. The fourth-order valence-electron chi connectivity index (χ4n) is 3.09. The number of rotatable bonds is 7. The molecule has 0 unspecified atom stereocenters. The number of nitrogens with one attached hydrogen (secondary N) is 1. The Morgan fingerprint density at radius 3 is 2.59 bits per heavy atom. The number of nitrogen functional groups attached to an aromatic ring is 1. The van der Waals surface area contributed by atoms with Gasteiger partial charge in [0, 0.05) is 30.6 Å². The Hall–Kier alpha value is -3.41. The van der Waals surface area contributed by atoms with Crippen LogP contribution in [0.2, 0.25) is 0 Å². The van der Waals surface area contributed by atoms with Crippen molar-refractivity contribution in [3.8, 4) is 11.3 Å². The van der Waals surface area contributed by atoms with Crippen LogP contribution in [0.15, 0.2) is 65.4 Å². The van der Waals surface area contributed by atoms with Gasteiger partial charge in [0.15, 0.2) is 5.76 Å². The van der Waals surface area contributed by atoms with E-state index in [1.54, 1.807) is 12.4 Å². The molecule has 136 valence electrons. The summed E-state index contributed by atoms with van der Waals surface area (Å²) in [6, 6.07) is 16.3. The molecule has 6 nitrogen and oxygen atoms in total. The monoisotopic (exact) mass is 359 g/mol. The molecular formula is C21H21N5O. The molecule has 4 rings (SSSR count). The number of aromatic amines is 1. The van der Waals surface area contributed by atoms with Gasteiger partial charge in [0.1, 0.15) is 5.82 Å². The normalized spacial score (nSPS) is 11.0. The molecule has 1 aromatic carbocycles. The molecule has 0 saturated carbocycles. The number of benzene rings is 1. The van der Waals surface area contributed by atoms with Gasteiger partial charge in [-0.15, -0.1) is 0 Å². The molecule has 6 heteroatoms. The molecule has 0 aliphatic rings. The van der Waals surface area contributed by atoms with Crippen LogP contribution in [0.1, 0.15) is 28.9 Å². The maximum absolute atomic E-state index is 5.90. The summed E-state index contributed by atoms with van der Waals surface area (Å²) in [4.78, 5) is 4.08. The van der Waals surface area contributed by atoms with Crippen molar-refractivity contribution in [2.24, 2.45) is 0 Å². The second-order valence-corrected chi connectivity index (χ2v) is 6.55. The highest BCUT2D eigenvalue weighted by Gasteiger charge is 2.10. The van der Waals surface area contributed by atoms with Crippen LogP contribution in [0.25, 0.3) is 11.3 Å².